The van der Waals surface area contributed by atoms with Gasteiger partial charge in [-0.05, 0) is 92.3 Å². The Morgan fingerprint density at radius 3 is 2.38 bits per heavy atom. The van der Waals surface area contributed by atoms with Crippen LogP contribution in [0, 0.1) is 6.92 Å². The molecule has 0 atom stereocenters. The molecule has 194 valence electrons. The Morgan fingerprint density at radius 1 is 1.00 bits per heavy atom. The van der Waals surface area contributed by atoms with E-state index >= 15 is 0 Å². The van der Waals surface area contributed by atoms with Gasteiger partial charge >= 0.3 is 0 Å². The topological polar surface area (TPSA) is 114 Å². The third kappa shape index (κ3) is 4.94. The molecule has 3 N–H and O–H groups in total. The largest absolute Gasteiger partial charge is 0.454 e. The number of hydrogen-bond donors (Lipinski definition) is 3. The number of nitrogens with one attached hydrogen (secondary N) is 2. The van der Waals surface area contributed by atoms with Crippen molar-refractivity contribution in [2.75, 3.05) is 18.7 Å². The summed E-state index contributed by atoms with van der Waals surface area (Å²) in [5.41, 5.74) is 2.73. The van der Waals surface area contributed by atoms with E-state index in [1.165, 1.54) is 12.1 Å². The first-order valence-corrected chi connectivity index (χ1v) is 13.6. The minimum absolute atomic E-state index is 0.0693. The summed E-state index contributed by atoms with van der Waals surface area (Å²) in [6.45, 7) is 5.05. The molecule has 1 aliphatic carbocycles. The average molecular weight is 523 g/mol. The number of anilines is 1. The molecule has 1 heterocycles. The van der Waals surface area contributed by atoms with Crippen molar-refractivity contribution in [2.45, 2.75) is 49.5 Å². The summed E-state index contributed by atoms with van der Waals surface area (Å²) in [6, 6.07) is 17.9. The molecule has 0 unspecified atom stereocenters. The average Bonchev–Trinajstić information content (AvgIpc) is 3.55. The van der Waals surface area contributed by atoms with Gasteiger partial charge in [0.15, 0.2) is 11.5 Å². The highest BCUT2D eigenvalue weighted by atomic mass is 32.2. The van der Waals surface area contributed by atoms with Crippen LogP contribution in [-0.2, 0) is 20.2 Å². The van der Waals surface area contributed by atoms with Gasteiger partial charge in [0.05, 0.1) is 22.5 Å². The first-order chi connectivity index (χ1) is 17.5. The number of amides is 1. The number of sulfonamides is 1. The highest BCUT2D eigenvalue weighted by Gasteiger charge is 2.51. The maximum atomic E-state index is 13.3. The highest BCUT2D eigenvalue weighted by molar-refractivity contribution is 7.89. The molecule has 0 bridgehead atoms. The predicted octanol–water partition coefficient (Wildman–Crippen LogP) is 4.11. The number of rotatable bonds is 8. The lowest BCUT2D eigenvalue weighted by atomic mass is 9.94. The Balaban J connectivity index is 1.35. The molecule has 3 aromatic carbocycles. The molecule has 0 saturated heterocycles. The fourth-order valence-corrected chi connectivity index (χ4v) is 5.90. The molecule has 0 spiro atoms. The first kappa shape index (κ1) is 25.3. The molecule has 1 saturated carbocycles. The normalized spacial score (nSPS) is 15.9. The molecule has 0 aromatic heterocycles. The van der Waals surface area contributed by atoms with Crippen LogP contribution in [0.1, 0.15) is 37.8 Å². The van der Waals surface area contributed by atoms with Crippen LogP contribution in [0.3, 0.4) is 0 Å². The van der Waals surface area contributed by atoms with Gasteiger partial charge in [0, 0.05) is 5.69 Å². The number of carbonyl (C=O) groups is 1. The Hall–Kier alpha value is -3.40. The van der Waals surface area contributed by atoms with Crippen molar-refractivity contribution in [1.82, 2.24) is 4.72 Å². The number of hydrogen-bond acceptors (Lipinski definition) is 6. The van der Waals surface area contributed by atoms with E-state index in [0.29, 0.717) is 17.2 Å². The number of aliphatic hydroxyl groups excluding tert-OH is 1. The third-order valence-electron chi connectivity index (χ3n) is 6.89. The van der Waals surface area contributed by atoms with E-state index in [9.17, 15) is 18.3 Å². The van der Waals surface area contributed by atoms with Crippen molar-refractivity contribution in [3.05, 3.63) is 71.8 Å². The quantitative estimate of drug-likeness (QED) is 0.410. The summed E-state index contributed by atoms with van der Waals surface area (Å²) < 4.78 is 38.8. The van der Waals surface area contributed by atoms with Gasteiger partial charge in [0.2, 0.25) is 22.7 Å². The SMILES string of the molecule is Cc1ccc(NC(=O)C2(c3ccc4c(c3)OCO4)CC2)cc1-c1ccc(S(=O)(=O)NC(C)(C)CO)cc1. The molecule has 8 nitrogen and oxygen atoms in total. The lowest BCUT2D eigenvalue weighted by Crippen LogP contribution is -2.46. The van der Waals surface area contributed by atoms with Gasteiger partial charge in [-0.3, -0.25) is 4.79 Å². The second kappa shape index (κ2) is 9.16. The number of ether oxygens (including phenoxy) is 2. The Kier molecular flexibility index (Phi) is 6.26. The zero-order valence-electron chi connectivity index (χ0n) is 21.0. The van der Waals surface area contributed by atoms with Crippen LogP contribution in [0.25, 0.3) is 11.1 Å². The van der Waals surface area contributed by atoms with Gasteiger partial charge in [0.25, 0.3) is 0 Å². The van der Waals surface area contributed by atoms with E-state index in [1.54, 1.807) is 26.0 Å². The fourth-order valence-electron chi connectivity index (χ4n) is 4.50. The minimum atomic E-state index is -3.79. The van der Waals surface area contributed by atoms with Crippen molar-refractivity contribution >= 4 is 21.6 Å². The van der Waals surface area contributed by atoms with E-state index in [2.05, 4.69) is 10.0 Å². The van der Waals surface area contributed by atoms with Crippen LogP contribution in [-0.4, -0.2) is 38.4 Å². The second-order valence-corrected chi connectivity index (χ2v) is 12.0. The van der Waals surface area contributed by atoms with Crippen molar-refractivity contribution in [3.8, 4) is 22.6 Å². The molecule has 1 amide bonds. The molecule has 1 aliphatic heterocycles. The van der Waals surface area contributed by atoms with Crippen molar-refractivity contribution < 1.29 is 27.8 Å². The number of benzene rings is 3. The van der Waals surface area contributed by atoms with Gasteiger partial charge in [0.1, 0.15) is 0 Å². The molecule has 5 rings (SSSR count). The van der Waals surface area contributed by atoms with Crippen LogP contribution < -0.4 is 19.5 Å². The van der Waals surface area contributed by atoms with E-state index in [-0.39, 0.29) is 24.2 Å². The van der Waals surface area contributed by atoms with Crippen LogP contribution in [0.2, 0.25) is 0 Å². The highest BCUT2D eigenvalue weighted by Crippen LogP contribution is 2.51. The summed E-state index contributed by atoms with van der Waals surface area (Å²) in [5.74, 6) is 1.28. The summed E-state index contributed by atoms with van der Waals surface area (Å²) in [5, 5.41) is 12.5. The van der Waals surface area contributed by atoms with Crippen molar-refractivity contribution in [3.63, 3.8) is 0 Å². The molecule has 1 fully saturated rings. The monoisotopic (exact) mass is 522 g/mol. The number of aliphatic hydroxyl groups is 1. The minimum Gasteiger partial charge on any atom is -0.454 e. The van der Waals surface area contributed by atoms with Gasteiger partial charge < -0.3 is 19.9 Å². The van der Waals surface area contributed by atoms with Gasteiger partial charge in [-0.1, -0.05) is 24.3 Å². The molecule has 37 heavy (non-hydrogen) atoms. The fraction of sp³-hybridized carbons (Fsp3) is 0.321. The molecule has 0 radical (unpaired) electrons. The molecule has 9 heteroatoms. The Labute approximate surface area is 216 Å². The van der Waals surface area contributed by atoms with Gasteiger partial charge in [-0.2, -0.15) is 0 Å². The predicted molar refractivity (Wildman–Crippen MR) is 140 cm³/mol. The van der Waals surface area contributed by atoms with Crippen LogP contribution in [0.5, 0.6) is 11.5 Å². The van der Waals surface area contributed by atoms with Gasteiger partial charge in [-0.25, -0.2) is 13.1 Å². The van der Waals surface area contributed by atoms with Crippen molar-refractivity contribution in [2.24, 2.45) is 0 Å². The van der Waals surface area contributed by atoms with Crippen LogP contribution >= 0.6 is 0 Å². The number of aryl methyl sites for hydroxylation is 1. The molecule has 2 aliphatic rings. The zero-order chi connectivity index (χ0) is 26.4. The number of carbonyl (C=O) groups excluding carboxylic acids is 1. The van der Waals surface area contributed by atoms with E-state index in [4.69, 9.17) is 9.47 Å². The van der Waals surface area contributed by atoms with Gasteiger partial charge in [-0.15, -0.1) is 0 Å². The lowest BCUT2D eigenvalue weighted by Gasteiger charge is -2.23. The zero-order valence-corrected chi connectivity index (χ0v) is 21.8. The second-order valence-electron chi connectivity index (χ2n) is 10.3. The summed E-state index contributed by atoms with van der Waals surface area (Å²) >= 11 is 0. The van der Waals surface area contributed by atoms with Crippen molar-refractivity contribution in [1.29, 1.82) is 0 Å². The van der Waals surface area contributed by atoms with E-state index in [1.807, 2.05) is 43.3 Å². The van der Waals surface area contributed by atoms with E-state index < -0.39 is 21.0 Å². The Morgan fingerprint density at radius 2 is 1.70 bits per heavy atom. The third-order valence-corrected chi connectivity index (χ3v) is 8.60. The molecule has 3 aromatic rings. The Bertz CT molecular complexity index is 1460. The smallest absolute Gasteiger partial charge is 0.241 e. The lowest BCUT2D eigenvalue weighted by molar-refractivity contribution is -0.118. The summed E-state index contributed by atoms with van der Waals surface area (Å²) in [7, 11) is -3.79. The van der Waals surface area contributed by atoms with E-state index in [0.717, 1.165) is 35.1 Å². The molecular weight excluding hydrogens is 492 g/mol. The molecular formula is C28H30N2O6S. The number of fused-ring (bicyclic) bond motifs is 1. The standard InChI is InChI=1S/C28H30N2O6S/c1-18-4-8-21(29-26(32)28(12-13-28)20-7-11-24-25(14-20)36-17-35-24)15-23(18)19-5-9-22(10-6-19)37(33,34)30-27(2,3)16-31/h4-11,14-15,30-31H,12-13,16-17H2,1-3H3,(H,29,32). The maximum absolute atomic E-state index is 13.3. The summed E-state index contributed by atoms with van der Waals surface area (Å²) in [6.07, 6.45) is 1.52. The van der Waals surface area contributed by atoms with Crippen LogP contribution in [0.4, 0.5) is 5.69 Å². The van der Waals surface area contributed by atoms with Crippen LogP contribution in [0.15, 0.2) is 65.6 Å². The maximum Gasteiger partial charge on any atom is 0.241 e. The summed E-state index contributed by atoms with van der Waals surface area (Å²) in [4.78, 5) is 13.5. The first-order valence-electron chi connectivity index (χ1n) is 12.1.